The van der Waals surface area contributed by atoms with E-state index in [2.05, 4.69) is 4.98 Å². The number of carbonyl (C=O) groups is 2. The number of hydrogen-bond acceptors (Lipinski definition) is 5. The first kappa shape index (κ1) is 13.0. The van der Waals surface area contributed by atoms with E-state index < -0.39 is 0 Å². The van der Waals surface area contributed by atoms with Crippen molar-refractivity contribution in [3.05, 3.63) is 23.9 Å². The quantitative estimate of drug-likeness (QED) is 0.882. The van der Waals surface area contributed by atoms with Gasteiger partial charge in [-0.25, -0.2) is 4.98 Å². The SMILES string of the molecule is CC(=O)SC1CC(=O)N(c2ncccc2CO)C1. The summed E-state index contributed by atoms with van der Waals surface area (Å²) in [6.07, 6.45) is 1.93. The Morgan fingerprint density at radius 3 is 3.11 bits per heavy atom. The smallest absolute Gasteiger partial charge is 0.229 e. The maximum Gasteiger partial charge on any atom is 0.229 e. The highest BCUT2D eigenvalue weighted by Crippen LogP contribution is 2.29. The number of hydrogen-bond donors (Lipinski definition) is 1. The molecule has 1 aromatic rings. The molecule has 0 aromatic carbocycles. The Balaban J connectivity index is 2.19. The van der Waals surface area contributed by atoms with Gasteiger partial charge in [-0.05, 0) is 6.07 Å². The van der Waals surface area contributed by atoms with Crippen LogP contribution in [0.5, 0.6) is 0 Å². The van der Waals surface area contributed by atoms with Crippen LogP contribution < -0.4 is 4.90 Å². The van der Waals surface area contributed by atoms with Crippen LogP contribution in [0.25, 0.3) is 0 Å². The highest BCUT2D eigenvalue weighted by atomic mass is 32.2. The number of nitrogens with zero attached hydrogens (tertiary/aromatic N) is 2. The van der Waals surface area contributed by atoms with Gasteiger partial charge in [-0.15, -0.1) is 0 Å². The van der Waals surface area contributed by atoms with Crippen LogP contribution in [-0.2, 0) is 16.2 Å². The van der Waals surface area contributed by atoms with Gasteiger partial charge in [0.25, 0.3) is 0 Å². The second-order valence-electron chi connectivity index (χ2n) is 4.08. The van der Waals surface area contributed by atoms with Crippen molar-refractivity contribution in [2.75, 3.05) is 11.4 Å². The number of carbonyl (C=O) groups excluding carboxylic acids is 2. The molecule has 2 rings (SSSR count). The summed E-state index contributed by atoms with van der Waals surface area (Å²) in [5.41, 5.74) is 0.624. The monoisotopic (exact) mass is 266 g/mol. The first-order chi connectivity index (χ1) is 8.61. The summed E-state index contributed by atoms with van der Waals surface area (Å²) >= 11 is 1.19. The zero-order chi connectivity index (χ0) is 13.1. The van der Waals surface area contributed by atoms with Gasteiger partial charge in [0.05, 0.1) is 6.61 Å². The molecule has 1 aromatic heterocycles. The van der Waals surface area contributed by atoms with Gasteiger partial charge in [-0.1, -0.05) is 17.8 Å². The molecule has 1 atom stereocenters. The highest BCUT2D eigenvalue weighted by Gasteiger charge is 2.33. The molecule has 1 aliphatic rings. The van der Waals surface area contributed by atoms with Crippen LogP contribution in [0.2, 0.25) is 0 Å². The van der Waals surface area contributed by atoms with Gasteiger partial charge < -0.3 is 5.11 Å². The van der Waals surface area contributed by atoms with Crippen molar-refractivity contribution in [1.82, 2.24) is 4.98 Å². The van der Waals surface area contributed by atoms with Crippen LogP contribution >= 0.6 is 11.8 Å². The van der Waals surface area contributed by atoms with Gasteiger partial charge in [0, 0.05) is 36.9 Å². The van der Waals surface area contributed by atoms with E-state index in [9.17, 15) is 14.7 Å². The fourth-order valence-electron chi connectivity index (χ4n) is 1.99. The minimum atomic E-state index is -0.155. The Labute approximate surface area is 109 Å². The Bertz CT molecular complexity index is 478. The molecule has 0 bridgehead atoms. The van der Waals surface area contributed by atoms with E-state index in [0.29, 0.717) is 24.3 Å². The molecule has 2 heterocycles. The number of pyridine rings is 1. The van der Waals surface area contributed by atoms with E-state index in [-0.39, 0.29) is 22.9 Å². The first-order valence-electron chi connectivity index (χ1n) is 5.64. The van der Waals surface area contributed by atoms with Crippen molar-refractivity contribution in [3.8, 4) is 0 Å². The molecule has 0 radical (unpaired) electrons. The predicted molar refractivity (Wildman–Crippen MR) is 69.2 cm³/mol. The molecular weight excluding hydrogens is 252 g/mol. The van der Waals surface area contributed by atoms with Gasteiger partial charge in [0.2, 0.25) is 5.91 Å². The lowest BCUT2D eigenvalue weighted by molar-refractivity contribution is -0.117. The van der Waals surface area contributed by atoms with Crippen LogP contribution in [0.1, 0.15) is 18.9 Å². The number of amides is 1. The zero-order valence-corrected chi connectivity index (χ0v) is 10.8. The molecule has 5 nitrogen and oxygen atoms in total. The summed E-state index contributed by atoms with van der Waals surface area (Å²) in [5, 5.41) is 9.23. The number of aromatic nitrogens is 1. The average Bonchev–Trinajstić information content (AvgIpc) is 2.69. The van der Waals surface area contributed by atoms with Crippen LogP contribution in [-0.4, -0.2) is 32.9 Å². The molecule has 1 fully saturated rings. The molecule has 0 aliphatic carbocycles. The van der Waals surface area contributed by atoms with Crippen LogP contribution in [0.15, 0.2) is 18.3 Å². The summed E-state index contributed by atoms with van der Waals surface area (Å²) in [5.74, 6) is 0.443. The molecule has 1 N–H and O–H groups in total. The number of aliphatic hydroxyl groups is 1. The lowest BCUT2D eigenvalue weighted by Crippen LogP contribution is -2.27. The molecule has 6 heteroatoms. The van der Waals surface area contributed by atoms with Crippen molar-refractivity contribution in [2.45, 2.75) is 25.2 Å². The standard InChI is InChI=1S/C12H14N2O3S/c1-8(16)18-10-5-11(17)14(6-10)12-9(7-15)3-2-4-13-12/h2-4,10,15H,5-7H2,1H3. The summed E-state index contributed by atoms with van der Waals surface area (Å²) in [6.45, 7) is 1.81. The third-order valence-electron chi connectivity index (χ3n) is 2.72. The third kappa shape index (κ3) is 2.70. The summed E-state index contributed by atoms with van der Waals surface area (Å²) in [7, 11) is 0. The van der Waals surface area contributed by atoms with Crippen molar-refractivity contribution >= 4 is 28.6 Å². The minimum absolute atomic E-state index is 0.0121. The normalized spacial score (nSPS) is 19.3. The molecule has 0 saturated carbocycles. The van der Waals surface area contributed by atoms with Crippen molar-refractivity contribution < 1.29 is 14.7 Å². The second-order valence-corrected chi connectivity index (χ2v) is 5.56. The largest absolute Gasteiger partial charge is 0.392 e. The minimum Gasteiger partial charge on any atom is -0.392 e. The first-order valence-corrected chi connectivity index (χ1v) is 6.52. The molecule has 1 unspecified atom stereocenters. The molecule has 1 amide bonds. The summed E-state index contributed by atoms with van der Waals surface area (Å²) in [6, 6.07) is 3.46. The number of aliphatic hydroxyl groups excluding tert-OH is 1. The maximum atomic E-state index is 11.9. The van der Waals surface area contributed by atoms with E-state index in [1.807, 2.05) is 0 Å². The lowest BCUT2D eigenvalue weighted by Gasteiger charge is -2.17. The van der Waals surface area contributed by atoms with E-state index in [0.717, 1.165) is 0 Å². The number of thioether (sulfide) groups is 1. The van der Waals surface area contributed by atoms with Gasteiger partial charge in [-0.3, -0.25) is 14.5 Å². The Hall–Kier alpha value is -1.40. The number of rotatable bonds is 3. The van der Waals surface area contributed by atoms with Crippen LogP contribution in [0.3, 0.4) is 0 Å². The third-order valence-corrected chi connectivity index (χ3v) is 3.70. The van der Waals surface area contributed by atoms with Gasteiger partial charge in [0.15, 0.2) is 5.12 Å². The van der Waals surface area contributed by atoms with Crippen molar-refractivity contribution in [1.29, 1.82) is 0 Å². The zero-order valence-electron chi connectivity index (χ0n) is 10.00. The Morgan fingerprint density at radius 1 is 1.67 bits per heavy atom. The van der Waals surface area contributed by atoms with Gasteiger partial charge in [-0.2, -0.15) is 0 Å². The van der Waals surface area contributed by atoms with E-state index >= 15 is 0 Å². The molecular formula is C12H14N2O3S. The molecule has 1 saturated heterocycles. The van der Waals surface area contributed by atoms with E-state index in [1.54, 1.807) is 23.2 Å². The van der Waals surface area contributed by atoms with Crippen molar-refractivity contribution in [3.63, 3.8) is 0 Å². The molecule has 1 aliphatic heterocycles. The summed E-state index contributed by atoms with van der Waals surface area (Å²) in [4.78, 5) is 28.7. The maximum absolute atomic E-state index is 11.9. The average molecular weight is 266 g/mol. The Kier molecular flexibility index (Phi) is 3.98. The van der Waals surface area contributed by atoms with Crippen LogP contribution in [0.4, 0.5) is 5.82 Å². The summed E-state index contributed by atoms with van der Waals surface area (Å²) < 4.78 is 0. The molecule has 18 heavy (non-hydrogen) atoms. The number of anilines is 1. The van der Waals surface area contributed by atoms with Crippen LogP contribution in [0, 0.1) is 0 Å². The Morgan fingerprint density at radius 2 is 2.44 bits per heavy atom. The fourth-order valence-corrected chi connectivity index (χ4v) is 2.91. The fraction of sp³-hybridized carbons (Fsp3) is 0.417. The van der Waals surface area contributed by atoms with E-state index in [1.165, 1.54) is 18.7 Å². The molecule has 0 spiro atoms. The molecule has 96 valence electrons. The second kappa shape index (κ2) is 5.49. The topological polar surface area (TPSA) is 70.5 Å². The van der Waals surface area contributed by atoms with Crippen molar-refractivity contribution in [2.24, 2.45) is 0 Å². The lowest BCUT2D eigenvalue weighted by atomic mass is 10.2. The van der Waals surface area contributed by atoms with Gasteiger partial charge in [0.1, 0.15) is 5.82 Å². The van der Waals surface area contributed by atoms with Gasteiger partial charge >= 0.3 is 0 Å². The van der Waals surface area contributed by atoms with E-state index in [4.69, 9.17) is 0 Å². The highest BCUT2D eigenvalue weighted by molar-refractivity contribution is 8.14. The predicted octanol–water partition coefficient (Wildman–Crippen LogP) is 0.959.